The van der Waals surface area contributed by atoms with Crippen molar-refractivity contribution in [1.82, 2.24) is 4.90 Å². The van der Waals surface area contributed by atoms with Gasteiger partial charge in [0.1, 0.15) is 6.10 Å². The molecule has 0 spiro atoms. The van der Waals surface area contributed by atoms with E-state index in [9.17, 15) is 9.59 Å². The van der Waals surface area contributed by atoms with Gasteiger partial charge in [-0.2, -0.15) is 0 Å². The lowest BCUT2D eigenvalue weighted by molar-refractivity contribution is -0.156. The zero-order valence-electron chi connectivity index (χ0n) is 13.0. The van der Waals surface area contributed by atoms with Crippen LogP contribution in [0.1, 0.15) is 32.6 Å². The van der Waals surface area contributed by atoms with E-state index in [2.05, 4.69) is 0 Å². The molecule has 126 valence electrons. The minimum Gasteiger partial charge on any atom is -0.481 e. The number of rotatable bonds is 6. The Morgan fingerprint density at radius 3 is 2.73 bits per heavy atom. The molecule has 2 aliphatic rings. The standard InChI is InChI=1S/C15H25NO6/c1-11(22-10-12-4-2-3-6-20-12)15(19)16-5-7-21-13(9-16)8-14(17)18/h11-13H,2-10H2,1H3,(H,17,18)/t11-,12+,13-/m0/s1. The van der Waals surface area contributed by atoms with Crippen LogP contribution in [0.25, 0.3) is 0 Å². The highest BCUT2D eigenvalue weighted by Crippen LogP contribution is 2.15. The van der Waals surface area contributed by atoms with Gasteiger partial charge in [-0.05, 0) is 26.2 Å². The van der Waals surface area contributed by atoms with Gasteiger partial charge in [0.05, 0.1) is 31.8 Å². The molecular formula is C15H25NO6. The molecule has 2 heterocycles. The van der Waals surface area contributed by atoms with Crippen LogP contribution in [-0.2, 0) is 23.8 Å². The summed E-state index contributed by atoms with van der Waals surface area (Å²) in [5.74, 6) is -1.03. The Bertz CT molecular complexity index is 382. The van der Waals surface area contributed by atoms with E-state index in [1.807, 2.05) is 0 Å². The molecule has 7 nitrogen and oxygen atoms in total. The molecule has 7 heteroatoms. The van der Waals surface area contributed by atoms with Crippen molar-refractivity contribution < 1.29 is 28.9 Å². The lowest BCUT2D eigenvalue weighted by atomic mass is 10.1. The number of aliphatic carboxylic acids is 1. The van der Waals surface area contributed by atoms with E-state index in [0.29, 0.717) is 26.3 Å². The van der Waals surface area contributed by atoms with Crippen LogP contribution < -0.4 is 0 Å². The summed E-state index contributed by atoms with van der Waals surface area (Å²) < 4.78 is 16.6. The van der Waals surface area contributed by atoms with Crippen LogP contribution in [0.5, 0.6) is 0 Å². The molecular weight excluding hydrogens is 290 g/mol. The van der Waals surface area contributed by atoms with Crippen LogP contribution in [0.4, 0.5) is 0 Å². The highest BCUT2D eigenvalue weighted by molar-refractivity contribution is 5.80. The van der Waals surface area contributed by atoms with E-state index in [4.69, 9.17) is 19.3 Å². The molecule has 0 radical (unpaired) electrons. The summed E-state index contributed by atoms with van der Waals surface area (Å²) in [6, 6.07) is 0. The number of hydrogen-bond donors (Lipinski definition) is 1. The first-order chi connectivity index (χ1) is 10.6. The largest absolute Gasteiger partial charge is 0.481 e. The van der Waals surface area contributed by atoms with Crippen molar-refractivity contribution in [2.75, 3.05) is 32.9 Å². The zero-order chi connectivity index (χ0) is 15.9. The predicted octanol–water partition coefficient (Wildman–Crippen LogP) is 0.663. The van der Waals surface area contributed by atoms with Crippen molar-refractivity contribution in [3.8, 4) is 0 Å². The molecule has 0 saturated carbocycles. The highest BCUT2D eigenvalue weighted by atomic mass is 16.5. The van der Waals surface area contributed by atoms with Gasteiger partial charge in [-0.15, -0.1) is 0 Å². The van der Waals surface area contributed by atoms with Crippen molar-refractivity contribution in [3.63, 3.8) is 0 Å². The smallest absolute Gasteiger partial charge is 0.306 e. The van der Waals surface area contributed by atoms with E-state index in [1.54, 1.807) is 11.8 Å². The topological polar surface area (TPSA) is 85.3 Å². The Balaban J connectivity index is 1.75. The number of hydrogen-bond acceptors (Lipinski definition) is 5. The lowest BCUT2D eigenvalue weighted by Gasteiger charge is -2.34. The SMILES string of the molecule is C[C@H](OC[C@H]1CCCCO1)C(=O)N1CCO[C@@H](CC(=O)O)C1. The molecule has 2 aliphatic heterocycles. The third kappa shape index (κ3) is 5.23. The fourth-order valence-electron chi connectivity index (χ4n) is 2.76. The molecule has 2 fully saturated rings. The van der Waals surface area contributed by atoms with Crippen molar-refractivity contribution in [3.05, 3.63) is 0 Å². The Morgan fingerprint density at radius 2 is 2.05 bits per heavy atom. The zero-order valence-corrected chi connectivity index (χ0v) is 13.0. The molecule has 0 aliphatic carbocycles. The van der Waals surface area contributed by atoms with Crippen molar-refractivity contribution in [2.24, 2.45) is 0 Å². The molecule has 3 atom stereocenters. The van der Waals surface area contributed by atoms with Gasteiger partial charge in [-0.1, -0.05) is 0 Å². The van der Waals surface area contributed by atoms with Gasteiger partial charge in [0.15, 0.2) is 0 Å². The number of carboxylic acids is 1. The summed E-state index contributed by atoms with van der Waals surface area (Å²) in [5.41, 5.74) is 0. The molecule has 1 amide bonds. The second-order valence-corrected chi connectivity index (χ2v) is 5.84. The van der Waals surface area contributed by atoms with Gasteiger partial charge < -0.3 is 24.2 Å². The van der Waals surface area contributed by atoms with Crippen LogP contribution in [0, 0.1) is 0 Å². The fraction of sp³-hybridized carbons (Fsp3) is 0.867. The quantitative estimate of drug-likeness (QED) is 0.775. The minimum absolute atomic E-state index is 0.0773. The summed E-state index contributed by atoms with van der Waals surface area (Å²) in [5, 5.41) is 8.81. The number of carbonyl (C=O) groups is 2. The Morgan fingerprint density at radius 1 is 1.27 bits per heavy atom. The van der Waals surface area contributed by atoms with Gasteiger partial charge in [0.2, 0.25) is 0 Å². The van der Waals surface area contributed by atoms with Crippen LogP contribution >= 0.6 is 0 Å². The van der Waals surface area contributed by atoms with E-state index in [0.717, 1.165) is 25.9 Å². The van der Waals surface area contributed by atoms with Crippen LogP contribution in [0.15, 0.2) is 0 Å². The van der Waals surface area contributed by atoms with Crippen LogP contribution in [0.2, 0.25) is 0 Å². The monoisotopic (exact) mass is 315 g/mol. The first-order valence-corrected chi connectivity index (χ1v) is 7.91. The number of ether oxygens (including phenoxy) is 3. The first-order valence-electron chi connectivity index (χ1n) is 7.91. The maximum Gasteiger partial charge on any atom is 0.306 e. The number of carboxylic acid groups (broad SMARTS) is 1. The second-order valence-electron chi connectivity index (χ2n) is 5.84. The predicted molar refractivity (Wildman–Crippen MR) is 77.6 cm³/mol. The third-order valence-electron chi connectivity index (χ3n) is 4.01. The van der Waals surface area contributed by atoms with E-state index in [-0.39, 0.29) is 18.4 Å². The summed E-state index contributed by atoms with van der Waals surface area (Å²) in [6.07, 6.45) is 2.20. The molecule has 2 saturated heterocycles. The van der Waals surface area contributed by atoms with Gasteiger partial charge in [-0.25, -0.2) is 0 Å². The molecule has 0 bridgehead atoms. The minimum atomic E-state index is -0.918. The van der Waals surface area contributed by atoms with E-state index < -0.39 is 18.2 Å². The number of morpholine rings is 1. The Labute approximate surface area is 130 Å². The molecule has 0 aromatic carbocycles. The number of nitrogens with zero attached hydrogens (tertiary/aromatic N) is 1. The van der Waals surface area contributed by atoms with Gasteiger partial charge in [0, 0.05) is 19.7 Å². The Hall–Kier alpha value is -1.18. The average molecular weight is 315 g/mol. The van der Waals surface area contributed by atoms with Gasteiger partial charge >= 0.3 is 5.97 Å². The second kappa shape index (κ2) is 8.45. The molecule has 0 aromatic heterocycles. The highest BCUT2D eigenvalue weighted by Gasteiger charge is 2.29. The summed E-state index contributed by atoms with van der Waals surface area (Å²) in [7, 11) is 0. The van der Waals surface area contributed by atoms with Crippen molar-refractivity contribution in [2.45, 2.75) is 50.9 Å². The first kappa shape index (κ1) is 17.2. The molecule has 2 rings (SSSR count). The number of carbonyl (C=O) groups excluding carboxylic acids is 1. The summed E-state index contributed by atoms with van der Waals surface area (Å²) in [6.45, 7) is 4.06. The van der Waals surface area contributed by atoms with Crippen LogP contribution in [0.3, 0.4) is 0 Å². The van der Waals surface area contributed by atoms with Gasteiger partial charge in [-0.3, -0.25) is 9.59 Å². The van der Waals surface area contributed by atoms with E-state index in [1.165, 1.54) is 0 Å². The fourth-order valence-corrected chi connectivity index (χ4v) is 2.76. The maximum atomic E-state index is 12.4. The van der Waals surface area contributed by atoms with Crippen LogP contribution in [-0.4, -0.2) is 73.1 Å². The number of amides is 1. The summed E-state index contributed by atoms with van der Waals surface area (Å²) >= 11 is 0. The third-order valence-corrected chi connectivity index (χ3v) is 4.01. The molecule has 22 heavy (non-hydrogen) atoms. The average Bonchev–Trinajstić information content (AvgIpc) is 2.52. The maximum absolute atomic E-state index is 12.4. The van der Waals surface area contributed by atoms with Gasteiger partial charge in [0.25, 0.3) is 5.91 Å². The summed E-state index contributed by atoms with van der Waals surface area (Å²) in [4.78, 5) is 24.7. The lowest BCUT2D eigenvalue weighted by Crippen LogP contribution is -2.50. The molecule has 0 unspecified atom stereocenters. The van der Waals surface area contributed by atoms with Crippen molar-refractivity contribution in [1.29, 1.82) is 0 Å². The molecule has 1 N–H and O–H groups in total. The Kier molecular flexibility index (Phi) is 6.60. The van der Waals surface area contributed by atoms with E-state index >= 15 is 0 Å². The van der Waals surface area contributed by atoms with Crippen molar-refractivity contribution >= 4 is 11.9 Å². The normalized spacial score (nSPS) is 27.4. The molecule has 0 aromatic rings.